The number of rotatable bonds is 2. The minimum atomic E-state index is -0.305. The molecule has 1 heteroatoms. The van der Waals surface area contributed by atoms with Crippen LogP contribution in [0.4, 0.5) is 0 Å². The highest BCUT2D eigenvalue weighted by Crippen LogP contribution is 2.28. The topological polar surface area (TPSA) is 20.2 Å². The van der Waals surface area contributed by atoms with Crippen LogP contribution in [0.1, 0.15) is 43.1 Å². The standard InChI is InChI=1S/C13H18O/c1-9(2)13(14)12-7-6-10-4-3-5-11(10)8-12/h6-9,13-14H,3-5H2,1-2H3. The van der Waals surface area contributed by atoms with Crippen molar-refractivity contribution in [3.63, 3.8) is 0 Å². The Morgan fingerprint density at radius 2 is 1.86 bits per heavy atom. The van der Waals surface area contributed by atoms with Gasteiger partial charge in [0, 0.05) is 0 Å². The molecule has 2 rings (SSSR count). The monoisotopic (exact) mass is 190 g/mol. The van der Waals surface area contributed by atoms with E-state index < -0.39 is 0 Å². The maximum absolute atomic E-state index is 9.93. The van der Waals surface area contributed by atoms with Gasteiger partial charge in [-0.3, -0.25) is 0 Å². The molecule has 1 aromatic rings. The van der Waals surface area contributed by atoms with Crippen LogP contribution in [-0.4, -0.2) is 5.11 Å². The maximum Gasteiger partial charge on any atom is 0.0813 e. The fraction of sp³-hybridized carbons (Fsp3) is 0.538. The molecule has 0 fully saturated rings. The third-order valence-corrected chi connectivity index (χ3v) is 3.10. The molecular formula is C13H18O. The fourth-order valence-electron chi connectivity index (χ4n) is 2.16. The molecule has 0 radical (unpaired) electrons. The lowest BCUT2D eigenvalue weighted by Gasteiger charge is -2.15. The SMILES string of the molecule is CC(C)C(O)c1ccc2c(c1)CCC2. The van der Waals surface area contributed by atoms with Gasteiger partial charge in [0.05, 0.1) is 6.10 Å². The first-order valence-corrected chi connectivity index (χ1v) is 5.48. The number of hydrogen-bond donors (Lipinski definition) is 1. The predicted octanol–water partition coefficient (Wildman–Crippen LogP) is 2.86. The van der Waals surface area contributed by atoms with Gasteiger partial charge in [0.25, 0.3) is 0 Å². The molecule has 14 heavy (non-hydrogen) atoms. The highest BCUT2D eigenvalue weighted by Gasteiger charge is 2.16. The normalized spacial score (nSPS) is 17.1. The van der Waals surface area contributed by atoms with Crippen molar-refractivity contribution in [3.8, 4) is 0 Å². The average Bonchev–Trinajstić information content (AvgIpc) is 2.62. The lowest BCUT2D eigenvalue weighted by molar-refractivity contribution is 0.127. The third-order valence-electron chi connectivity index (χ3n) is 3.10. The Bertz CT molecular complexity index is 328. The Morgan fingerprint density at radius 3 is 2.57 bits per heavy atom. The maximum atomic E-state index is 9.93. The zero-order valence-corrected chi connectivity index (χ0v) is 8.96. The van der Waals surface area contributed by atoms with Crippen molar-refractivity contribution in [3.05, 3.63) is 34.9 Å². The average molecular weight is 190 g/mol. The van der Waals surface area contributed by atoms with E-state index in [4.69, 9.17) is 0 Å². The molecule has 1 atom stereocenters. The second kappa shape index (κ2) is 3.74. The summed E-state index contributed by atoms with van der Waals surface area (Å²) < 4.78 is 0. The zero-order valence-electron chi connectivity index (χ0n) is 8.96. The first-order chi connectivity index (χ1) is 6.68. The summed E-state index contributed by atoms with van der Waals surface area (Å²) in [6, 6.07) is 6.45. The van der Waals surface area contributed by atoms with Gasteiger partial charge < -0.3 is 5.11 Å². The van der Waals surface area contributed by atoms with Gasteiger partial charge in [0.15, 0.2) is 0 Å². The minimum absolute atomic E-state index is 0.300. The highest BCUT2D eigenvalue weighted by molar-refractivity contribution is 5.36. The molecule has 1 aromatic carbocycles. The van der Waals surface area contributed by atoms with Crippen LogP contribution in [0.3, 0.4) is 0 Å². The molecule has 1 nitrogen and oxygen atoms in total. The first-order valence-electron chi connectivity index (χ1n) is 5.48. The van der Waals surface area contributed by atoms with E-state index in [1.54, 1.807) is 0 Å². The smallest absolute Gasteiger partial charge is 0.0813 e. The minimum Gasteiger partial charge on any atom is -0.388 e. The van der Waals surface area contributed by atoms with Gasteiger partial charge in [-0.2, -0.15) is 0 Å². The molecule has 0 spiro atoms. The van der Waals surface area contributed by atoms with Gasteiger partial charge >= 0.3 is 0 Å². The second-order valence-electron chi connectivity index (χ2n) is 4.57. The van der Waals surface area contributed by atoms with E-state index in [0.717, 1.165) is 5.56 Å². The van der Waals surface area contributed by atoms with Crippen molar-refractivity contribution in [2.75, 3.05) is 0 Å². The van der Waals surface area contributed by atoms with E-state index >= 15 is 0 Å². The van der Waals surface area contributed by atoms with Gasteiger partial charge in [-0.15, -0.1) is 0 Å². The summed E-state index contributed by atoms with van der Waals surface area (Å²) in [5.74, 6) is 0.300. The van der Waals surface area contributed by atoms with E-state index in [9.17, 15) is 5.11 Å². The number of aryl methyl sites for hydroxylation is 2. The fourth-order valence-corrected chi connectivity index (χ4v) is 2.16. The number of fused-ring (bicyclic) bond motifs is 1. The van der Waals surface area contributed by atoms with Crippen molar-refractivity contribution in [2.45, 2.75) is 39.2 Å². The van der Waals surface area contributed by atoms with Crippen molar-refractivity contribution in [1.29, 1.82) is 0 Å². The summed E-state index contributed by atoms with van der Waals surface area (Å²) in [7, 11) is 0. The quantitative estimate of drug-likeness (QED) is 0.760. The Balaban J connectivity index is 2.28. The van der Waals surface area contributed by atoms with E-state index in [2.05, 4.69) is 32.0 Å². The van der Waals surface area contributed by atoms with Crippen LogP contribution in [0, 0.1) is 5.92 Å². The van der Waals surface area contributed by atoms with Crippen molar-refractivity contribution in [2.24, 2.45) is 5.92 Å². The number of aliphatic hydroxyl groups is 1. The molecule has 0 aromatic heterocycles. The molecule has 0 aliphatic heterocycles. The first kappa shape index (κ1) is 9.72. The molecule has 76 valence electrons. The molecule has 0 saturated carbocycles. The molecule has 0 bridgehead atoms. The van der Waals surface area contributed by atoms with E-state index in [0.29, 0.717) is 5.92 Å². The summed E-state index contributed by atoms with van der Waals surface area (Å²) in [6.07, 6.45) is 3.37. The molecule has 1 aliphatic rings. The molecule has 0 heterocycles. The molecule has 1 N–H and O–H groups in total. The van der Waals surface area contributed by atoms with Gasteiger partial charge in [-0.1, -0.05) is 32.0 Å². The van der Waals surface area contributed by atoms with Gasteiger partial charge in [0.2, 0.25) is 0 Å². The Kier molecular flexibility index (Phi) is 2.60. The lowest BCUT2D eigenvalue weighted by atomic mass is 9.96. The zero-order chi connectivity index (χ0) is 10.1. The van der Waals surface area contributed by atoms with Crippen molar-refractivity contribution >= 4 is 0 Å². The molecular weight excluding hydrogens is 172 g/mol. The van der Waals surface area contributed by atoms with Crippen molar-refractivity contribution < 1.29 is 5.11 Å². The predicted molar refractivity (Wildman–Crippen MR) is 58.3 cm³/mol. The Labute approximate surface area is 85.8 Å². The Hall–Kier alpha value is -0.820. The molecule has 0 amide bonds. The van der Waals surface area contributed by atoms with E-state index in [1.165, 1.54) is 30.4 Å². The van der Waals surface area contributed by atoms with Crippen LogP contribution >= 0.6 is 0 Å². The van der Waals surface area contributed by atoms with Gasteiger partial charge in [0.1, 0.15) is 0 Å². The highest BCUT2D eigenvalue weighted by atomic mass is 16.3. The van der Waals surface area contributed by atoms with Crippen LogP contribution in [0.15, 0.2) is 18.2 Å². The van der Waals surface area contributed by atoms with Crippen LogP contribution in [0.5, 0.6) is 0 Å². The molecule has 0 saturated heterocycles. The third kappa shape index (κ3) is 1.69. The summed E-state index contributed by atoms with van der Waals surface area (Å²) in [4.78, 5) is 0. The summed E-state index contributed by atoms with van der Waals surface area (Å²) >= 11 is 0. The Morgan fingerprint density at radius 1 is 1.14 bits per heavy atom. The number of benzene rings is 1. The summed E-state index contributed by atoms with van der Waals surface area (Å²) in [6.45, 7) is 4.11. The van der Waals surface area contributed by atoms with Crippen LogP contribution < -0.4 is 0 Å². The number of aliphatic hydroxyl groups excluding tert-OH is 1. The van der Waals surface area contributed by atoms with E-state index in [-0.39, 0.29) is 6.10 Å². The van der Waals surface area contributed by atoms with E-state index in [1.807, 2.05) is 0 Å². The second-order valence-corrected chi connectivity index (χ2v) is 4.57. The van der Waals surface area contributed by atoms with Gasteiger partial charge in [-0.05, 0) is 41.9 Å². The summed E-state index contributed by atoms with van der Waals surface area (Å²) in [5, 5.41) is 9.93. The number of hydrogen-bond acceptors (Lipinski definition) is 1. The lowest BCUT2D eigenvalue weighted by Crippen LogP contribution is -2.05. The molecule has 1 aliphatic carbocycles. The summed E-state index contributed by atoms with van der Waals surface area (Å²) in [5.41, 5.74) is 4.01. The van der Waals surface area contributed by atoms with Crippen LogP contribution in [0.2, 0.25) is 0 Å². The van der Waals surface area contributed by atoms with Crippen LogP contribution in [-0.2, 0) is 12.8 Å². The largest absolute Gasteiger partial charge is 0.388 e. The van der Waals surface area contributed by atoms with Crippen LogP contribution in [0.25, 0.3) is 0 Å². The van der Waals surface area contributed by atoms with Gasteiger partial charge in [-0.25, -0.2) is 0 Å². The van der Waals surface area contributed by atoms with Crippen molar-refractivity contribution in [1.82, 2.24) is 0 Å². The molecule has 1 unspecified atom stereocenters.